The van der Waals surface area contributed by atoms with E-state index < -0.39 is 11.6 Å². The van der Waals surface area contributed by atoms with E-state index in [0.29, 0.717) is 17.3 Å². The summed E-state index contributed by atoms with van der Waals surface area (Å²) in [5, 5.41) is 22.5. The van der Waals surface area contributed by atoms with Crippen molar-refractivity contribution in [3.8, 4) is 5.75 Å². The van der Waals surface area contributed by atoms with Gasteiger partial charge < -0.3 is 20.3 Å². The molecule has 4 nitrogen and oxygen atoms in total. The van der Waals surface area contributed by atoms with E-state index in [9.17, 15) is 5.11 Å². The molecule has 1 aromatic rings. The van der Waals surface area contributed by atoms with Crippen molar-refractivity contribution >= 4 is 11.6 Å². The molecule has 1 atom stereocenters. The first kappa shape index (κ1) is 16.2. The van der Waals surface area contributed by atoms with Crippen LogP contribution >= 0.6 is 11.6 Å². The molecule has 0 aliphatic carbocycles. The van der Waals surface area contributed by atoms with E-state index in [2.05, 4.69) is 5.32 Å². The first-order valence-corrected chi connectivity index (χ1v) is 6.65. The van der Waals surface area contributed by atoms with Crippen molar-refractivity contribution < 1.29 is 14.9 Å². The molecule has 0 aromatic heterocycles. The van der Waals surface area contributed by atoms with Crippen LogP contribution in [0.4, 0.5) is 0 Å². The number of rotatable bonds is 7. The summed E-state index contributed by atoms with van der Waals surface area (Å²) in [6, 6.07) is 5.50. The molecule has 1 unspecified atom stereocenters. The van der Waals surface area contributed by atoms with Gasteiger partial charge in [-0.1, -0.05) is 17.7 Å². The minimum atomic E-state index is -0.664. The van der Waals surface area contributed by atoms with Gasteiger partial charge in [-0.05, 0) is 38.5 Å². The minimum Gasteiger partial charge on any atom is -0.489 e. The van der Waals surface area contributed by atoms with Gasteiger partial charge in [-0.25, -0.2) is 0 Å². The topological polar surface area (TPSA) is 61.7 Å². The molecule has 3 N–H and O–H groups in total. The SMILES string of the molecule is Cc1ccc(Cl)c(OCC(O)CNC(C)(C)CO)c1. The molecule has 0 aliphatic rings. The van der Waals surface area contributed by atoms with E-state index in [0.717, 1.165) is 5.56 Å². The van der Waals surface area contributed by atoms with Crippen LogP contribution in [0.15, 0.2) is 18.2 Å². The Kier molecular flexibility index (Phi) is 6.07. The zero-order valence-electron chi connectivity index (χ0n) is 11.6. The predicted molar refractivity (Wildman–Crippen MR) is 76.9 cm³/mol. The Balaban J connectivity index is 2.42. The minimum absolute atomic E-state index is 0.00425. The van der Waals surface area contributed by atoms with Gasteiger partial charge in [0, 0.05) is 12.1 Å². The zero-order chi connectivity index (χ0) is 14.5. The van der Waals surface area contributed by atoms with Crippen molar-refractivity contribution in [2.75, 3.05) is 19.8 Å². The Morgan fingerprint density at radius 1 is 1.42 bits per heavy atom. The Morgan fingerprint density at radius 3 is 2.74 bits per heavy atom. The van der Waals surface area contributed by atoms with Gasteiger partial charge in [-0.2, -0.15) is 0 Å². The van der Waals surface area contributed by atoms with E-state index in [1.54, 1.807) is 6.07 Å². The van der Waals surface area contributed by atoms with Gasteiger partial charge in [-0.15, -0.1) is 0 Å². The van der Waals surface area contributed by atoms with Crippen LogP contribution in [0.5, 0.6) is 5.75 Å². The molecule has 5 heteroatoms. The summed E-state index contributed by atoms with van der Waals surface area (Å²) in [6.45, 7) is 6.17. The lowest BCUT2D eigenvalue weighted by Crippen LogP contribution is -2.47. The smallest absolute Gasteiger partial charge is 0.138 e. The molecule has 0 radical (unpaired) electrons. The summed E-state index contributed by atoms with van der Waals surface area (Å²) in [7, 11) is 0. The number of aliphatic hydroxyl groups excluding tert-OH is 2. The van der Waals surface area contributed by atoms with E-state index in [1.807, 2.05) is 32.9 Å². The van der Waals surface area contributed by atoms with E-state index in [4.69, 9.17) is 21.4 Å². The summed E-state index contributed by atoms with van der Waals surface area (Å²) in [4.78, 5) is 0. The average Bonchev–Trinajstić information content (AvgIpc) is 2.37. The first-order chi connectivity index (χ1) is 8.84. The molecule has 0 aliphatic heterocycles. The van der Waals surface area contributed by atoms with Crippen molar-refractivity contribution in [3.63, 3.8) is 0 Å². The largest absolute Gasteiger partial charge is 0.489 e. The molecular weight excluding hydrogens is 266 g/mol. The molecule has 0 heterocycles. The molecular formula is C14H22ClNO3. The van der Waals surface area contributed by atoms with E-state index in [-0.39, 0.29) is 13.2 Å². The lowest BCUT2D eigenvalue weighted by molar-refractivity contribution is 0.0907. The number of aryl methyl sites for hydroxylation is 1. The highest BCUT2D eigenvalue weighted by atomic mass is 35.5. The summed E-state index contributed by atoms with van der Waals surface area (Å²) in [6.07, 6.45) is -0.664. The van der Waals surface area contributed by atoms with Gasteiger partial charge in [0.25, 0.3) is 0 Å². The number of ether oxygens (including phenoxy) is 1. The number of halogens is 1. The summed E-state index contributed by atoms with van der Waals surface area (Å²) in [5.41, 5.74) is 0.635. The Bertz CT molecular complexity index is 410. The standard InChI is InChI=1S/C14H22ClNO3/c1-10-4-5-12(15)13(6-10)19-8-11(18)7-16-14(2,3)9-17/h4-6,11,16-18H,7-9H2,1-3H3. The van der Waals surface area contributed by atoms with Crippen LogP contribution in [-0.2, 0) is 0 Å². The molecule has 0 saturated carbocycles. The number of hydrogen-bond donors (Lipinski definition) is 3. The monoisotopic (exact) mass is 287 g/mol. The van der Waals surface area contributed by atoms with Crippen molar-refractivity contribution in [1.29, 1.82) is 0 Å². The van der Waals surface area contributed by atoms with Crippen molar-refractivity contribution in [2.24, 2.45) is 0 Å². The summed E-state index contributed by atoms with van der Waals surface area (Å²) < 4.78 is 5.49. The van der Waals surface area contributed by atoms with Crippen LogP contribution in [0.2, 0.25) is 5.02 Å². The van der Waals surface area contributed by atoms with Gasteiger partial charge in [0.2, 0.25) is 0 Å². The summed E-state index contributed by atoms with van der Waals surface area (Å²) in [5.74, 6) is 0.571. The normalized spacial score (nSPS) is 13.4. The molecule has 0 fully saturated rings. The molecule has 108 valence electrons. The second-order valence-electron chi connectivity index (χ2n) is 5.32. The molecule has 0 saturated heterocycles. The van der Waals surface area contributed by atoms with Gasteiger partial charge in [0.15, 0.2) is 0 Å². The Labute approximate surface area is 119 Å². The fourth-order valence-electron chi connectivity index (χ4n) is 1.42. The molecule has 1 aromatic carbocycles. The van der Waals surface area contributed by atoms with Crippen LogP contribution in [0.1, 0.15) is 19.4 Å². The highest BCUT2D eigenvalue weighted by molar-refractivity contribution is 6.32. The van der Waals surface area contributed by atoms with Gasteiger partial charge in [0.1, 0.15) is 18.5 Å². The third-order valence-corrected chi connectivity index (χ3v) is 3.04. The van der Waals surface area contributed by atoms with Gasteiger partial charge in [-0.3, -0.25) is 0 Å². The fraction of sp³-hybridized carbons (Fsp3) is 0.571. The maximum atomic E-state index is 9.82. The molecule has 0 spiro atoms. The highest BCUT2D eigenvalue weighted by Gasteiger charge is 2.17. The van der Waals surface area contributed by atoms with Crippen LogP contribution in [0.3, 0.4) is 0 Å². The molecule has 1 rings (SSSR count). The quantitative estimate of drug-likeness (QED) is 0.715. The lowest BCUT2D eigenvalue weighted by atomic mass is 10.1. The number of benzene rings is 1. The second-order valence-corrected chi connectivity index (χ2v) is 5.73. The van der Waals surface area contributed by atoms with Crippen molar-refractivity contribution in [1.82, 2.24) is 5.32 Å². The third kappa shape index (κ3) is 5.78. The fourth-order valence-corrected chi connectivity index (χ4v) is 1.59. The van der Waals surface area contributed by atoms with E-state index in [1.165, 1.54) is 0 Å². The number of aliphatic hydroxyl groups is 2. The first-order valence-electron chi connectivity index (χ1n) is 6.27. The molecule has 0 bridgehead atoms. The second kappa shape index (κ2) is 7.10. The Morgan fingerprint density at radius 2 is 2.11 bits per heavy atom. The Hall–Kier alpha value is -0.810. The number of β-amino-alcohol motifs (C(OH)–C–C–N with tert-alkyl or cyclic N) is 1. The highest BCUT2D eigenvalue weighted by Crippen LogP contribution is 2.25. The van der Waals surface area contributed by atoms with Crippen LogP contribution in [0.25, 0.3) is 0 Å². The van der Waals surface area contributed by atoms with Crippen molar-refractivity contribution in [2.45, 2.75) is 32.4 Å². The van der Waals surface area contributed by atoms with Crippen LogP contribution in [0, 0.1) is 6.92 Å². The van der Waals surface area contributed by atoms with Crippen LogP contribution < -0.4 is 10.1 Å². The molecule has 19 heavy (non-hydrogen) atoms. The lowest BCUT2D eigenvalue weighted by Gasteiger charge is -2.25. The zero-order valence-corrected chi connectivity index (χ0v) is 12.4. The maximum absolute atomic E-state index is 9.82. The number of hydrogen-bond acceptors (Lipinski definition) is 4. The summed E-state index contributed by atoms with van der Waals surface area (Å²) >= 11 is 6.00. The van der Waals surface area contributed by atoms with E-state index >= 15 is 0 Å². The predicted octanol–water partition coefficient (Wildman–Crippen LogP) is 1.75. The van der Waals surface area contributed by atoms with Crippen LogP contribution in [-0.4, -0.2) is 41.6 Å². The number of nitrogens with one attached hydrogen (secondary N) is 1. The van der Waals surface area contributed by atoms with Gasteiger partial charge in [0.05, 0.1) is 11.6 Å². The average molecular weight is 288 g/mol. The maximum Gasteiger partial charge on any atom is 0.138 e. The van der Waals surface area contributed by atoms with Gasteiger partial charge >= 0.3 is 0 Å². The third-order valence-electron chi connectivity index (χ3n) is 2.73. The van der Waals surface area contributed by atoms with Crippen molar-refractivity contribution in [3.05, 3.63) is 28.8 Å². The molecule has 0 amide bonds.